The van der Waals surface area contributed by atoms with Crippen molar-refractivity contribution in [2.75, 3.05) is 38.6 Å². The largest absolute Gasteiger partial charge is 0.383 e. The van der Waals surface area contributed by atoms with Gasteiger partial charge in [-0.15, -0.1) is 0 Å². The maximum atomic E-state index is 6.23. The molecule has 4 heterocycles. The summed E-state index contributed by atoms with van der Waals surface area (Å²) in [6.45, 7) is 5.29. The minimum Gasteiger partial charge on any atom is -0.383 e. The fourth-order valence-corrected chi connectivity index (χ4v) is 3.68. The number of ether oxygens (including phenoxy) is 1. The summed E-state index contributed by atoms with van der Waals surface area (Å²) in [6.07, 6.45) is 3.63. The van der Waals surface area contributed by atoms with E-state index in [1.54, 1.807) is 0 Å². The Hall–Kier alpha value is -2.97. The van der Waals surface area contributed by atoms with Crippen LogP contribution in [0.4, 0.5) is 5.82 Å². The lowest BCUT2D eigenvalue weighted by Crippen LogP contribution is -2.38. The van der Waals surface area contributed by atoms with Crippen LogP contribution in [-0.2, 0) is 11.3 Å². The molecule has 0 atom stereocenters. The zero-order valence-corrected chi connectivity index (χ0v) is 14.9. The molecule has 1 aliphatic rings. The molecule has 1 aliphatic heterocycles. The molecular weight excluding hydrogens is 342 g/mol. The van der Waals surface area contributed by atoms with Gasteiger partial charge in [0.2, 0.25) is 0 Å². The molecule has 0 radical (unpaired) electrons. The molecule has 138 valence electrons. The standard InChI is InChI=1S/C19H21N7O/c20-19-15-12-22-26(6-5-25-7-9-27-10-8-25)18(15)14-2-1-13(11-17(14)23-19)16-3-4-21-24-16/h1-4,11-12H,5-10H2,(H2,20,23)(H,21,24). The smallest absolute Gasteiger partial charge is 0.135 e. The monoisotopic (exact) mass is 363 g/mol. The highest BCUT2D eigenvalue weighted by Gasteiger charge is 2.15. The van der Waals surface area contributed by atoms with Crippen molar-refractivity contribution in [1.82, 2.24) is 29.9 Å². The Morgan fingerprint density at radius 3 is 2.81 bits per heavy atom. The van der Waals surface area contributed by atoms with Crippen LogP contribution in [0.3, 0.4) is 0 Å². The number of hydrogen-bond acceptors (Lipinski definition) is 6. The van der Waals surface area contributed by atoms with E-state index in [4.69, 9.17) is 10.5 Å². The van der Waals surface area contributed by atoms with Crippen LogP contribution in [0.15, 0.2) is 36.7 Å². The number of anilines is 1. The summed E-state index contributed by atoms with van der Waals surface area (Å²) >= 11 is 0. The van der Waals surface area contributed by atoms with Gasteiger partial charge in [-0.25, -0.2) is 4.98 Å². The van der Waals surface area contributed by atoms with E-state index >= 15 is 0 Å². The number of nitrogens with two attached hydrogens (primary N) is 1. The van der Waals surface area contributed by atoms with Crippen molar-refractivity contribution in [2.24, 2.45) is 0 Å². The van der Waals surface area contributed by atoms with Gasteiger partial charge in [-0.3, -0.25) is 14.7 Å². The minimum atomic E-state index is 0.509. The van der Waals surface area contributed by atoms with E-state index in [-0.39, 0.29) is 0 Å². The zero-order valence-electron chi connectivity index (χ0n) is 14.9. The van der Waals surface area contributed by atoms with Crippen molar-refractivity contribution in [1.29, 1.82) is 0 Å². The first-order valence-electron chi connectivity index (χ1n) is 9.14. The van der Waals surface area contributed by atoms with E-state index in [1.165, 1.54) is 0 Å². The van der Waals surface area contributed by atoms with Crippen LogP contribution in [-0.4, -0.2) is 62.7 Å². The maximum Gasteiger partial charge on any atom is 0.135 e. The topological polar surface area (TPSA) is 97.9 Å². The molecule has 0 unspecified atom stereocenters. The van der Waals surface area contributed by atoms with Gasteiger partial charge in [0, 0.05) is 36.8 Å². The lowest BCUT2D eigenvalue weighted by molar-refractivity contribution is 0.0361. The van der Waals surface area contributed by atoms with Crippen LogP contribution in [0, 0.1) is 0 Å². The number of nitrogen functional groups attached to an aromatic ring is 1. The number of hydrogen-bond donors (Lipinski definition) is 2. The molecule has 4 aromatic rings. The third kappa shape index (κ3) is 2.92. The summed E-state index contributed by atoms with van der Waals surface area (Å²) in [4.78, 5) is 7.00. The average molecular weight is 363 g/mol. The molecular formula is C19H21N7O. The molecule has 0 aliphatic carbocycles. The molecule has 0 spiro atoms. The van der Waals surface area contributed by atoms with Crippen molar-refractivity contribution in [3.8, 4) is 11.3 Å². The van der Waals surface area contributed by atoms with E-state index in [0.29, 0.717) is 5.82 Å². The second-order valence-corrected chi connectivity index (χ2v) is 6.77. The summed E-state index contributed by atoms with van der Waals surface area (Å²) in [6, 6.07) is 8.12. The minimum absolute atomic E-state index is 0.509. The summed E-state index contributed by atoms with van der Waals surface area (Å²) in [5.41, 5.74) is 10.0. The van der Waals surface area contributed by atoms with Crippen LogP contribution in [0.25, 0.3) is 33.1 Å². The number of rotatable bonds is 4. The van der Waals surface area contributed by atoms with Crippen LogP contribution in [0.1, 0.15) is 0 Å². The third-order valence-corrected chi connectivity index (χ3v) is 5.14. The Bertz CT molecular complexity index is 1080. The molecule has 0 saturated carbocycles. The zero-order chi connectivity index (χ0) is 18.2. The highest BCUT2D eigenvalue weighted by molar-refractivity contribution is 6.08. The Kier molecular flexibility index (Phi) is 3.99. The van der Waals surface area contributed by atoms with Crippen molar-refractivity contribution < 1.29 is 4.74 Å². The van der Waals surface area contributed by atoms with Gasteiger partial charge in [0.05, 0.1) is 48.1 Å². The number of benzene rings is 1. The van der Waals surface area contributed by atoms with E-state index in [2.05, 4.69) is 37.3 Å². The highest BCUT2D eigenvalue weighted by atomic mass is 16.5. The molecule has 1 fully saturated rings. The van der Waals surface area contributed by atoms with E-state index < -0.39 is 0 Å². The quantitative estimate of drug-likeness (QED) is 0.575. The number of nitrogens with zero attached hydrogens (tertiary/aromatic N) is 5. The van der Waals surface area contributed by atoms with E-state index in [9.17, 15) is 0 Å². The number of morpholine rings is 1. The molecule has 8 nitrogen and oxygen atoms in total. The molecule has 27 heavy (non-hydrogen) atoms. The van der Waals surface area contributed by atoms with Crippen molar-refractivity contribution >= 4 is 27.6 Å². The third-order valence-electron chi connectivity index (χ3n) is 5.14. The molecule has 3 aromatic heterocycles. The van der Waals surface area contributed by atoms with Crippen LogP contribution >= 0.6 is 0 Å². The van der Waals surface area contributed by atoms with Crippen LogP contribution < -0.4 is 5.73 Å². The van der Waals surface area contributed by atoms with Crippen LogP contribution in [0.2, 0.25) is 0 Å². The fraction of sp³-hybridized carbons (Fsp3) is 0.316. The Morgan fingerprint density at radius 2 is 2.00 bits per heavy atom. The van der Waals surface area contributed by atoms with Gasteiger partial charge < -0.3 is 10.5 Å². The van der Waals surface area contributed by atoms with E-state index in [1.807, 2.05) is 29.2 Å². The normalized spacial score (nSPS) is 15.7. The van der Waals surface area contributed by atoms with E-state index in [0.717, 1.165) is 72.5 Å². The first-order valence-corrected chi connectivity index (χ1v) is 9.14. The lowest BCUT2D eigenvalue weighted by atomic mass is 10.1. The molecule has 1 saturated heterocycles. The predicted molar refractivity (Wildman–Crippen MR) is 104 cm³/mol. The molecule has 0 amide bonds. The van der Waals surface area contributed by atoms with Crippen molar-refractivity contribution in [3.05, 3.63) is 36.7 Å². The molecule has 5 rings (SSSR count). The number of aromatic nitrogens is 5. The SMILES string of the molecule is Nc1nc2cc(-c3cc[nH]n3)ccc2c2c1cnn2CCN1CCOCC1. The molecule has 8 heteroatoms. The van der Waals surface area contributed by atoms with Gasteiger partial charge >= 0.3 is 0 Å². The molecule has 3 N–H and O–H groups in total. The van der Waals surface area contributed by atoms with Gasteiger partial charge in [0.25, 0.3) is 0 Å². The number of aromatic amines is 1. The van der Waals surface area contributed by atoms with Crippen LogP contribution in [0.5, 0.6) is 0 Å². The summed E-state index contributed by atoms with van der Waals surface area (Å²) in [5.74, 6) is 0.509. The predicted octanol–water partition coefficient (Wildman–Crippen LogP) is 1.89. The lowest BCUT2D eigenvalue weighted by Gasteiger charge is -2.26. The number of H-pyrrole nitrogens is 1. The van der Waals surface area contributed by atoms with Gasteiger partial charge in [-0.2, -0.15) is 10.2 Å². The summed E-state index contributed by atoms with van der Waals surface area (Å²) in [5, 5.41) is 13.6. The maximum absolute atomic E-state index is 6.23. The Labute approximate surface area is 155 Å². The van der Waals surface area contributed by atoms with Crippen molar-refractivity contribution in [2.45, 2.75) is 6.54 Å². The molecule has 1 aromatic carbocycles. The number of nitrogens with one attached hydrogen (secondary N) is 1. The Balaban J connectivity index is 1.55. The van der Waals surface area contributed by atoms with Gasteiger partial charge in [0.15, 0.2) is 0 Å². The van der Waals surface area contributed by atoms with Gasteiger partial charge in [-0.05, 0) is 18.2 Å². The summed E-state index contributed by atoms with van der Waals surface area (Å²) < 4.78 is 7.47. The Morgan fingerprint density at radius 1 is 1.11 bits per heavy atom. The van der Waals surface area contributed by atoms with Crippen molar-refractivity contribution in [3.63, 3.8) is 0 Å². The van der Waals surface area contributed by atoms with Gasteiger partial charge in [-0.1, -0.05) is 6.07 Å². The first-order chi connectivity index (χ1) is 13.3. The second kappa shape index (κ2) is 6.64. The number of pyridine rings is 1. The first kappa shape index (κ1) is 16.2. The second-order valence-electron chi connectivity index (χ2n) is 6.77. The summed E-state index contributed by atoms with van der Waals surface area (Å²) in [7, 11) is 0. The average Bonchev–Trinajstić information content (AvgIpc) is 3.37. The molecule has 0 bridgehead atoms. The fourth-order valence-electron chi connectivity index (χ4n) is 3.68. The van der Waals surface area contributed by atoms with Gasteiger partial charge in [0.1, 0.15) is 5.82 Å². The number of fused-ring (bicyclic) bond motifs is 3. The highest BCUT2D eigenvalue weighted by Crippen LogP contribution is 2.30.